The number of aryl methyl sites for hydroxylation is 2. The summed E-state index contributed by atoms with van der Waals surface area (Å²) >= 11 is 12.6. The van der Waals surface area contributed by atoms with Crippen LogP contribution < -0.4 is 63.8 Å². The molecular formula is C107H132Cl2F2N18O18. The maximum Gasteiger partial charge on any atom is 0.303 e. The zero-order valence-corrected chi connectivity index (χ0v) is 86.4. The van der Waals surface area contributed by atoms with Crippen LogP contribution in [0.5, 0.6) is 5.75 Å². The number of amides is 4. The van der Waals surface area contributed by atoms with Crippen LogP contribution in [0.15, 0.2) is 172 Å². The molecule has 0 bridgehead atoms. The maximum absolute atomic E-state index is 13.2. The van der Waals surface area contributed by atoms with E-state index in [1.807, 2.05) is 110 Å². The van der Waals surface area contributed by atoms with Crippen LogP contribution in [0.1, 0.15) is 255 Å². The number of aromatic nitrogens is 2. The Morgan fingerprint density at radius 1 is 0.367 bits per heavy atom. The van der Waals surface area contributed by atoms with Gasteiger partial charge in [0.2, 0.25) is 0 Å². The van der Waals surface area contributed by atoms with Gasteiger partial charge in [0.1, 0.15) is 18.1 Å². The number of carbonyl (C=O) groups excluding carboxylic acids is 8. The van der Waals surface area contributed by atoms with Crippen molar-refractivity contribution in [2.24, 2.45) is 20.0 Å². The third-order valence-corrected chi connectivity index (χ3v) is 24.1. The van der Waals surface area contributed by atoms with E-state index in [0.717, 1.165) is 51.1 Å². The predicted octanol–water partition coefficient (Wildman–Crippen LogP) is 13.7. The first kappa shape index (κ1) is 116. The third-order valence-electron chi connectivity index (χ3n) is 23.6. The number of phenols is 1. The Bertz CT molecular complexity index is 6060. The van der Waals surface area contributed by atoms with E-state index in [1.165, 1.54) is 49.1 Å². The zero-order chi connectivity index (χ0) is 108. The number of anilines is 4. The van der Waals surface area contributed by atoms with Crippen molar-refractivity contribution >= 4 is 140 Å². The fraction of sp³-hybridized carbons (Fsp3) is 0.421. The molecule has 4 aliphatic rings. The lowest BCUT2D eigenvalue weighted by Gasteiger charge is -2.23. The van der Waals surface area contributed by atoms with E-state index in [9.17, 15) is 97.0 Å². The van der Waals surface area contributed by atoms with Gasteiger partial charge in [-0.15, -0.1) is 0 Å². The third kappa shape index (κ3) is 39.3. The minimum atomic E-state index is -1.09. The van der Waals surface area contributed by atoms with Crippen LogP contribution in [0.4, 0.5) is 31.5 Å². The molecule has 2 aromatic heterocycles. The summed E-state index contributed by atoms with van der Waals surface area (Å²) in [6.07, 6.45) is 2.08. The van der Waals surface area contributed by atoms with E-state index < -0.39 is 83.7 Å². The minimum Gasteiger partial charge on any atom is -0.508 e. The summed E-state index contributed by atoms with van der Waals surface area (Å²) in [4.78, 5) is 172. The van der Waals surface area contributed by atoms with Gasteiger partial charge in [0, 0.05) is 113 Å². The van der Waals surface area contributed by atoms with E-state index in [4.69, 9.17) is 23.2 Å². The van der Waals surface area contributed by atoms with E-state index >= 15 is 0 Å². The number of nitrogens with one attached hydrogen (secondary N) is 12. The van der Waals surface area contributed by atoms with Gasteiger partial charge in [-0.05, 0) is 147 Å². The van der Waals surface area contributed by atoms with Crippen molar-refractivity contribution in [3.8, 4) is 5.75 Å². The van der Waals surface area contributed by atoms with Gasteiger partial charge < -0.3 is 94.4 Å². The van der Waals surface area contributed by atoms with Crippen LogP contribution in [-0.2, 0) is 60.0 Å². The molecule has 0 spiro atoms. The minimum absolute atomic E-state index is 0.000813. The molecule has 0 aliphatic carbocycles. The topological polar surface area (TPSA) is 546 Å². The molecule has 36 nitrogen and oxygen atoms in total. The lowest BCUT2D eigenvalue weighted by atomic mass is 9.81. The number of nitrogens with zero attached hydrogens (tertiary/aromatic N) is 6. The van der Waals surface area contributed by atoms with Crippen molar-refractivity contribution in [1.29, 1.82) is 0 Å². The van der Waals surface area contributed by atoms with Gasteiger partial charge in [0.25, 0.3) is 23.6 Å². The quantitative estimate of drug-likeness (QED) is 0.0173. The lowest BCUT2D eigenvalue weighted by molar-refractivity contribution is -0.138. The Kier molecular flexibility index (Phi) is 42.1. The van der Waals surface area contributed by atoms with Gasteiger partial charge >= 0.3 is 23.9 Å². The number of aliphatic hydroxyl groups is 1. The van der Waals surface area contributed by atoms with Gasteiger partial charge in [0.15, 0.2) is 47.0 Å². The fourth-order valence-corrected chi connectivity index (χ4v) is 16.3. The number of alkyl halides is 2. The van der Waals surface area contributed by atoms with Crippen molar-refractivity contribution in [2.75, 3.05) is 99.8 Å². The first-order valence-corrected chi connectivity index (χ1v) is 48.8. The summed E-state index contributed by atoms with van der Waals surface area (Å²) in [5.41, 5.74) is 11.4. The van der Waals surface area contributed by atoms with Crippen LogP contribution in [0, 0.1) is 13.8 Å². The van der Waals surface area contributed by atoms with Crippen molar-refractivity contribution < 1.29 is 97.0 Å². The Morgan fingerprint density at radius 3 is 1.04 bits per heavy atom. The number of Topliss-reactive ketones (excluding diaryl/α,β-unsaturated/α-hetero) is 4. The van der Waals surface area contributed by atoms with Gasteiger partial charge in [-0.2, -0.15) is 0 Å². The standard InChI is InChI=1S/C27H32ClFN4O5.C27H35N5O5.C27H34N4O4.C26H31ClFN5O4/c1-27(2,3)18-4-15(5-19(28)10-18)16(9-24(36)37)7-23(35)14-30-25(38)17-6-21(11-22(34)8-17)33-26-31-12-20(29)13-32-26;1-16-5-17(7-20(6-16)27(2,3)4)18(10-24(35)36)9-22(33)13-29-25(37)19-8-21(12-28-11-19)32-26-30-14-23(34)15-31-26;1-17-10-19(12-21(11-17)27(2,3)4)20(15-24(33)34)14-23(32)16-30-25(35)18-6-5-7-22(13-18)31-26-28-8-9-29-26;1-26(2,3)18-4-15(5-19(27)9-18)16(8-23(35)36)7-22(34)14-30-24(37)17-6-21(13-29-10-17)33-25-31-11-20(28)12-32-25/h4-6,8,10-11,16,20,34H,7,9,12-14H2,1-3H3,(H,30,38)(H,36,37)(H2,31,32,33);5-8,11-12,18,23,34H,9-10,13-15H2,1-4H3,(H,29,37)(H,35,36)(H2,30,31,32);5-7,10-13,20H,8-9,14-16H2,1-4H3,(H,30,35)(H,33,34)(H2,28,29,31);4-6,9-10,13,16,20H,7-8,11-12,14H2,1-3H3,(H,30,37)(H,35,36)(H2,31,32,33)/t16-;18-;20-;16-/m0000/s1. The number of hydrogen-bond donors (Lipinski definition) is 18. The molecule has 0 saturated carbocycles. The Hall–Kier alpha value is -14.7. The summed E-state index contributed by atoms with van der Waals surface area (Å²) < 4.78 is 26.5. The molecule has 40 heteroatoms. The molecule has 8 aromatic rings. The molecule has 6 aromatic carbocycles. The first-order chi connectivity index (χ1) is 69.1. The molecule has 0 fully saturated rings. The summed E-state index contributed by atoms with van der Waals surface area (Å²) in [5.74, 6) is -7.72. The molecule has 18 N–H and O–H groups in total. The second-order valence-electron chi connectivity index (χ2n) is 40.7. The van der Waals surface area contributed by atoms with Gasteiger partial charge in [-0.1, -0.05) is 172 Å². The number of rotatable bonds is 36. The molecular weight excluding hydrogens is 1930 g/mol. The van der Waals surface area contributed by atoms with Gasteiger partial charge in [0.05, 0.1) is 132 Å². The van der Waals surface area contributed by atoms with Crippen LogP contribution in [0.25, 0.3) is 0 Å². The molecule has 147 heavy (non-hydrogen) atoms. The number of aliphatic imine (C=N–C) groups is 4. The number of β-amino-alcohol motifs (C(OH)–C–C–N with tert-alkyl or cyclic N) is 1. The number of guanidine groups is 4. The number of carboxylic acid groups (broad SMARTS) is 4. The molecule has 6 heterocycles. The normalized spacial score (nSPS) is 15.7. The number of aliphatic carboxylic acids is 4. The molecule has 786 valence electrons. The van der Waals surface area contributed by atoms with Crippen molar-refractivity contribution in [2.45, 2.75) is 212 Å². The van der Waals surface area contributed by atoms with Crippen LogP contribution in [0.3, 0.4) is 0 Å². The Balaban J connectivity index is 0.000000218. The summed E-state index contributed by atoms with van der Waals surface area (Å²) in [5, 5.41) is 92.2. The summed E-state index contributed by atoms with van der Waals surface area (Å²) in [6, 6.07) is 36.9. The average molecular weight is 2070 g/mol. The number of aliphatic hydroxyl groups excluding tert-OH is 1. The van der Waals surface area contributed by atoms with Gasteiger partial charge in [-0.25, -0.2) is 18.8 Å². The lowest BCUT2D eigenvalue weighted by Crippen LogP contribution is -2.42. The number of hydrogen-bond acceptors (Lipinski definition) is 28. The SMILES string of the molecule is CC(C)(C)c1cc(Cl)cc([C@H](CC(=O)O)CC(=O)CNC(=O)c2cc(O)cc(NC3=NCC(F)CN3)c2)c1.CC(C)(C)c1cc(Cl)cc([C@H](CC(=O)O)CC(=O)CNC(=O)c2cncc(NC3=NCC(F)CN3)c2)c1.Cc1cc([C@H](CC(=O)O)CC(=O)CNC(=O)c2cccc(NC3=NCCN3)c2)cc(C(C)(C)C)c1.Cc1cc([C@H](CC(=O)O)CC(=O)CNC(=O)c2cncc(NC3=NCC(O)CN3)c2)cc(C(C)(C)C)c1. The molecule has 4 amide bonds. The number of carbonyl (C=O) groups is 12. The molecule has 3 unspecified atom stereocenters. The number of ketones is 4. The van der Waals surface area contributed by atoms with Crippen molar-refractivity contribution in [3.05, 3.63) is 240 Å². The van der Waals surface area contributed by atoms with Crippen LogP contribution in [-0.4, -0.2) is 232 Å². The second kappa shape index (κ2) is 53.4. The van der Waals surface area contributed by atoms with Crippen LogP contribution in [0.2, 0.25) is 10.0 Å². The predicted molar refractivity (Wildman–Crippen MR) is 562 cm³/mol. The number of phenolic OH excluding ortho intramolecular Hbond substituents is 1. The summed E-state index contributed by atoms with van der Waals surface area (Å²) in [6.45, 7) is 30.0. The number of benzene rings is 6. The number of aromatic hydroxyl groups is 1. The van der Waals surface area contributed by atoms with E-state index in [-0.39, 0.29) is 183 Å². The number of halogens is 4. The Morgan fingerprint density at radius 2 is 0.694 bits per heavy atom. The smallest absolute Gasteiger partial charge is 0.303 e. The molecule has 4 aliphatic heterocycles. The average Bonchev–Trinajstić information content (AvgIpc) is 1.00. The van der Waals surface area contributed by atoms with Crippen LogP contribution >= 0.6 is 23.2 Å². The van der Waals surface area contributed by atoms with Gasteiger partial charge in [-0.3, -0.25) is 77.5 Å². The number of pyridine rings is 2. The highest BCUT2D eigenvalue weighted by Crippen LogP contribution is 2.38. The summed E-state index contributed by atoms with van der Waals surface area (Å²) in [7, 11) is 0. The number of carboxylic acids is 4. The molecule has 0 radical (unpaired) electrons. The zero-order valence-electron chi connectivity index (χ0n) is 84.9. The maximum atomic E-state index is 13.2. The Labute approximate surface area is 862 Å². The molecule has 7 atom stereocenters. The first-order valence-electron chi connectivity index (χ1n) is 48.1. The highest BCUT2D eigenvalue weighted by Gasteiger charge is 2.31. The fourth-order valence-electron chi connectivity index (χ4n) is 15.8. The van der Waals surface area contributed by atoms with E-state index in [2.05, 4.69) is 147 Å². The molecule has 12 rings (SSSR count). The molecule has 0 saturated heterocycles. The highest BCUT2D eigenvalue weighted by atomic mass is 35.5. The van der Waals surface area contributed by atoms with Crippen molar-refractivity contribution in [3.63, 3.8) is 0 Å². The highest BCUT2D eigenvalue weighted by molar-refractivity contribution is 6.31. The van der Waals surface area contributed by atoms with Crippen molar-refractivity contribution in [1.82, 2.24) is 52.5 Å². The largest absolute Gasteiger partial charge is 0.508 e. The second-order valence-corrected chi connectivity index (χ2v) is 41.6. The van der Waals surface area contributed by atoms with E-state index in [0.29, 0.717) is 86.4 Å². The van der Waals surface area contributed by atoms with E-state index in [1.54, 1.807) is 36.4 Å². The monoisotopic (exact) mass is 2060 g/mol.